The van der Waals surface area contributed by atoms with Crippen LogP contribution >= 0.6 is 0 Å². The quantitative estimate of drug-likeness (QED) is 0.847. The van der Waals surface area contributed by atoms with Crippen LogP contribution in [0.5, 0.6) is 0 Å². The van der Waals surface area contributed by atoms with Crippen LogP contribution in [0.1, 0.15) is 49.9 Å². The van der Waals surface area contributed by atoms with Gasteiger partial charge in [0.2, 0.25) is 0 Å². The van der Waals surface area contributed by atoms with Gasteiger partial charge in [-0.1, -0.05) is 6.42 Å². The molecule has 0 aromatic heterocycles. The molecule has 2 bridgehead atoms. The van der Waals surface area contributed by atoms with E-state index in [1.807, 2.05) is 38.1 Å². The van der Waals surface area contributed by atoms with Crippen molar-refractivity contribution in [1.29, 1.82) is 0 Å². The SMILES string of the molecule is CC(C)OC(=O)c1ccc(NC2CC3CCC2C3)cc1. The number of carbonyl (C=O) groups excluding carboxylic acids is 1. The summed E-state index contributed by atoms with van der Waals surface area (Å²) in [5, 5.41) is 3.63. The molecule has 3 atom stereocenters. The van der Waals surface area contributed by atoms with Crippen molar-refractivity contribution in [2.45, 2.75) is 51.7 Å². The number of anilines is 1. The van der Waals surface area contributed by atoms with Gasteiger partial charge in [-0.15, -0.1) is 0 Å². The van der Waals surface area contributed by atoms with Crippen LogP contribution in [0.3, 0.4) is 0 Å². The van der Waals surface area contributed by atoms with Crippen molar-refractivity contribution >= 4 is 11.7 Å². The van der Waals surface area contributed by atoms with Crippen LogP contribution in [-0.2, 0) is 4.74 Å². The smallest absolute Gasteiger partial charge is 0.338 e. The van der Waals surface area contributed by atoms with E-state index < -0.39 is 0 Å². The van der Waals surface area contributed by atoms with E-state index in [9.17, 15) is 4.79 Å². The molecule has 2 saturated carbocycles. The topological polar surface area (TPSA) is 38.3 Å². The molecule has 0 saturated heterocycles. The molecule has 0 spiro atoms. The molecule has 3 nitrogen and oxygen atoms in total. The van der Waals surface area contributed by atoms with Gasteiger partial charge < -0.3 is 10.1 Å². The van der Waals surface area contributed by atoms with Gasteiger partial charge in [-0.05, 0) is 69.2 Å². The van der Waals surface area contributed by atoms with E-state index in [-0.39, 0.29) is 12.1 Å². The molecule has 108 valence electrons. The van der Waals surface area contributed by atoms with Gasteiger partial charge in [0.1, 0.15) is 0 Å². The van der Waals surface area contributed by atoms with Crippen LogP contribution in [0.15, 0.2) is 24.3 Å². The van der Waals surface area contributed by atoms with Gasteiger partial charge in [0.15, 0.2) is 0 Å². The van der Waals surface area contributed by atoms with Gasteiger partial charge >= 0.3 is 5.97 Å². The summed E-state index contributed by atoms with van der Waals surface area (Å²) >= 11 is 0. The molecule has 3 unspecified atom stereocenters. The summed E-state index contributed by atoms with van der Waals surface area (Å²) in [5.74, 6) is 1.55. The normalized spacial score (nSPS) is 27.9. The molecule has 0 amide bonds. The van der Waals surface area contributed by atoms with Gasteiger partial charge in [0.05, 0.1) is 11.7 Å². The van der Waals surface area contributed by atoms with Crippen molar-refractivity contribution in [3.05, 3.63) is 29.8 Å². The zero-order valence-corrected chi connectivity index (χ0v) is 12.3. The van der Waals surface area contributed by atoms with Crippen molar-refractivity contribution in [3.63, 3.8) is 0 Å². The predicted molar refractivity (Wildman–Crippen MR) is 79.9 cm³/mol. The zero-order valence-electron chi connectivity index (χ0n) is 12.3. The van der Waals surface area contributed by atoms with Crippen LogP contribution in [-0.4, -0.2) is 18.1 Å². The molecule has 0 aliphatic heterocycles. The number of ether oxygens (including phenoxy) is 1. The minimum absolute atomic E-state index is 0.0747. The largest absolute Gasteiger partial charge is 0.459 e. The van der Waals surface area contributed by atoms with Crippen molar-refractivity contribution < 1.29 is 9.53 Å². The number of benzene rings is 1. The van der Waals surface area contributed by atoms with E-state index in [0.717, 1.165) is 17.5 Å². The average Bonchev–Trinajstić information content (AvgIpc) is 3.01. The summed E-state index contributed by atoms with van der Waals surface area (Å²) < 4.78 is 5.19. The van der Waals surface area contributed by atoms with Gasteiger partial charge in [0.25, 0.3) is 0 Å². The van der Waals surface area contributed by atoms with Crippen LogP contribution in [0.25, 0.3) is 0 Å². The number of carbonyl (C=O) groups is 1. The fraction of sp³-hybridized carbons (Fsp3) is 0.588. The lowest BCUT2D eigenvalue weighted by Crippen LogP contribution is -2.25. The van der Waals surface area contributed by atoms with Crippen LogP contribution in [0, 0.1) is 11.8 Å². The van der Waals surface area contributed by atoms with E-state index >= 15 is 0 Å². The predicted octanol–water partition coefficient (Wildman–Crippen LogP) is 3.85. The van der Waals surface area contributed by atoms with Gasteiger partial charge in [-0.2, -0.15) is 0 Å². The molecule has 20 heavy (non-hydrogen) atoms. The Hall–Kier alpha value is -1.51. The molecule has 3 rings (SSSR count). The number of hydrogen-bond donors (Lipinski definition) is 1. The van der Waals surface area contributed by atoms with Crippen molar-refractivity contribution in [2.24, 2.45) is 11.8 Å². The molecule has 1 aromatic carbocycles. The third-order valence-corrected chi connectivity index (χ3v) is 4.55. The summed E-state index contributed by atoms with van der Waals surface area (Å²) in [5.41, 5.74) is 1.74. The highest BCUT2D eigenvalue weighted by molar-refractivity contribution is 5.89. The molecule has 1 aromatic rings. The fourth-order valence-corrected chi connectivity index (χ4v) is 3.62. The maximum Gasteiger partial charge on any atom is 0.338 e. The Balaban J connectivity index is 1.60. The molecule has 2 fully saturated rings. The monoisotopic (exact) mass is 273 g/mol. The van der Waals surface area contributed by atoms with Crippen molar-refractivity contribution in [1.82, 2.24) is 0 Å². The maximum absolute atomic E-state index is 11.8. The number of hydrogen-bond acceptors (Lipinski definition) is 3. The van der Waals surface area contributed by atoms with Crippen LogP contribution in [0.2, 0.25) is 0 Å². The third kappa shape index (κ3) is 2.82. The first-order valence-corrected chi connectivity index (χ1v) is 7.69. The molecule has 3 heteroatoms. The van der Waals surface area contributed by atoms with Gasteiger partial charge in [-0.3, -0.25) is 0 Å². The number of rotatable bonds is 4. The van der Waals surface area contributed by atoms with E-state index in [4.69, 9.17) is 4.74 Å². The second-order valence-corrected chi connectivity index (χ2v) is 6.46. The summed E-state index contributed by atoms with van der Waals surface area (Å²) in [6.07, 6.45) is 5.43. The zero-order chi connectivity index (χ0) is 14.1. The van der Waals surface area contributed by atoms with E-state index in [1.165, 1.54) is 25.7 Å². The van der Waals surface area contributed by atoms with Crippen molar-refractivity contribution in [3.8, 4) is 0 Å². The van der Waals surface area contributed by atoms with Crippen molar-refractivity contribution in [2.75, 3.05) is 5.32 Å². The van der Waals surface area contributed by atoms with Gasteiger partial charge in [0, 0.05) is 11.7 Å². The Morgan fingerprint density at radius 3 is 2.50 bits per heavy atom. The average molecular weight is 273 g/mol. The van der Waals surface area contributed by atoms with Crippen LogP contribution < -0.4 is 5.32 Å². The second-order valence-electron chi connectivity index (χ2n) is 6.46. The minimum atomic E-state index is -0.244. The first kappa shape index (κ1) is 13.5. The standard InChI is InChI=1S/C17H23NO2/c1-11(2)20-17(19)13-5-7-15(8-6-13)18-16-10-12-3-4-14(16)9-12/h5-8,11-12,14,16,18H,3-4,9-10H2,1-2H3. The number of fused-ring (bicyclic) bond motifs is 2. The highest BCUT2D eigenvalue weighted by atomic mass is 16.5. The molecule has 0 radical (unpaired) electrons. The Morgan fingerprint density at radius 2 is 1.95 bits per heavy atom. The first-order valence-electron chi connectivity index (χ1n) is 7.69. The second kappa shape index (κ2) is 5.47. The number of nitrogens with one attached hydrogen (secondary N) is 1. The fourth-order valence-electron chi connectivity index (χ4n) is 3.62. The molecular formula is C17H23NO2. The Bertz CT molecular complexity index is 480. The van der Waals surface area contributed by atoms with Gasteiger partial charge in [-0.25, -0.2) is 4.79 Å². The highest BCUT2D eigenvalue weighted by Gasteiger charge is 2.39. The van der Waals surface area contributed by atoms with Crippen LogP contribution in [0.4, 0.5) is 5.69 Å². The molecule has 2 aliphatic carbocycles. The molecule has 1 N–H and O–H groups in total. The third-order valence-electron chi connectivity index (χ3n) is 4.55. The molecular weight excluding hydrogens is 250 g/mol. The Morgan fingerprint density at radius 1 is 1.20 bits per heavy atom. The number of esters is 1. The first-order chi connectivity index (χ1) is 9.61. The summed E-state index contributed by atoms with van der Waals surface area (Å²) in [4.78, 5) is 11.8. The Labute approximate surface area is 120 Å². The Kier molecular flexibility index (Phi) is 3.68. The molecule has 0 heterocycles. The van der Waals surface area contributed by atoms with E-state index in [2.05, 4.69) is 5.32 Å². The van der Waals surface area contributed by atoms with E-state index in [0.29, 0.717) is 11.6 Å². The van der Waals surface area contributed by atoms with E-state index in [1.54, 1.807) is 0 Å². The molecule has 2 aliphatic rings. The minimum Gasteiger partial charge on any atom is -0.459 e. The maximum atomic E-state index is 11.8. The summed E-state index contributed by atoms with van der Waals surface area (Å²) in [7, 11) is 0. The lowest BCUT2D eigenvalue weighted by Gasteiger charge is -2.24. The lowest BCUT2D eigenvalue weighted by atomic mass is 9.95. The summed E-state index contributed by atoms with van der Waals surface area (Å²) in [6.45, 7) is 3.73. The summed E-state index contributed by atoms with van der Waals surface area (Å²) in [6, 6.07) is 8.30. The lowest BCUT2D eigenvalue weighted by molar-refractivity contribution is 0.0378. The highest BCUT2D eigenvalue weighted by Crippen LogP contribution is 2.45.